The zero-order valence-corrected chi connectivity index (χ0v) is 11.5. The molecule has 1 unspecified atom stereocenters. The average molecular weight is 250 g/mol. The maximum Gasteiger partial charge on any atom is 0.260 e. The van der Waals surface area contributed by atoms with Crippen LogP contribution in [0.15, 0.2) is 12.1 Å². The van der Waals surface area contributed by atoms with Crippen molar-refractivity contribution in [3.05, 3.63) is 28.8 Å². The average Bonchev–Trinajstić information content (AvgIpc) is 2.30. The number of hydrogen-bond acceptors (Lipinski definition) is 3. The van der Waals surface area contributed by atoms with Gasteiger partial charge in [0.25, 0.3) is 5.91 Å². The Morgan fingerprint density at radius 3 is 2.39 bits per heavy atom. The molecular formula is C14H22N2O2. The molecule has 0 aliphatic heterocycles. The van der Waals surface area contributed by atoms with Gasteiger partial charge in [-0.05, 0) is 38.8 Å². The van der Waals surface area contributed by atoms with Gasteiger partial charge in [0.05, 0.1) is 0 Å². The molecule has 1 amide bonds. The van der Waals surface area contributed by atoms with Gasteiger partial charge < -0.3 is 15.8 Å². The minimum absolute atomic E-state index is 0.139. The van der Waals surface area contributed by atoms with Crippen molar-refractivity contribution >= 4 is 5.91 Å². The molecule has 0 aliphatic rings. The lowest BCUT2D eigenvalue weighted by molar-refractivity contribution is -0.127. The van der Waals surface area contributed by atoms with Gasteiger partial charge in [-0.15, -0.1) is 0 Å². The van der Waals surface area contributed by atoms with Crippen molar-refractivity contribution in [2.45, 2.75) is 33.8 Å². The van der Waals surface area contributed by atoms with Crippen molar-refractivity contribution < 1.29 is 9.53 Å². The van der Waals surface area contributed by atoms with Crippen LogP contribution in [-0.4, -0.2) is 25.1 Å². The first-order valence-electron chi connectivity index (χ1n) is 6.18. The Hall–Kier alpha value is -1.55. The van der Waals surface area contributed by atoms with Crippen molar-refractivity contribution in [3.8, 4) is 5.75 Å². The number of carbonyl (C=O) groups is 1. The number of ether oxygens (including phenoxy) is 1. The highest BCUT2D eigenvalue weighted by Gasteiger charge is 2.16. The quantitative estimate of drug-likeness (QED) is 0.831. The van der Waals surface area contributed by atoms with E-state index < -0.39 is 6.10 Å². The lowest BCUT2D eigenvalue weighted by Gasteiger charge is -2.18. The number of benzene rings is 1. The smallest absolute Gasteiger partial charge is 0.260 e. The van der Waals surface area contributed by atoms with Crippen LogP contribution in [0.25, 0.3) is 0 Å². The molecule has 1 rings (SSSR count). The first-order chi connectivity index (χ1) is 8.45. The second-order valence-corrected chi connectivity index (χ2v) is 4.57. The van der Waals surface area contributed by atoms with Gasteiger partial charge in [-0.2, -0.15) is 0 Å². The molecule has 4 heteroatoms. The molecule has 0 saturated heterocycles. The Kier molecular flexibility index (Phi) is 5.16. The van der Waals surface area contributed by atoms with Crippen LogP contribution in [0.1, 0.15) is 23.6 Å². The normalized spacial score (nSPS) is 12.1. The molecule has 0 fully saturated rings. The highest BCUT2D eigenvalue weighted by molar-refractivity contribution is 5.80. The van der Waals surface area contributed by atoms with Gasteiger partial charge >= 0.3 is 0 Å². The molecule has 4 nitrogen and oxygen atoms in total. The number of aryl methyl sites for hydroxylation is 3. The monoisotopic (exact) mass is 250 g/mol. The number of nitrogens with two attached hydrogens (primary N) is 1. The fraction of sp³-hybridized carbons (Fsp3) is 0.500. The summed E-state index contributed by atoms with van der Waals surface area (Å²) >= 11 is 0. The Labute approximate surface area is 109 Å². The summed E-state index contributed by atoms with van der Waals surface area (Å²) in [5.41, 5.74) is 8.63. The minimum atomic E-state index is -0.517. The molecule has 1 atom stereocenters. The summed E-state index contributed by atoms with van der Waals surface area (Å²) in [5, 5.41) is 2.71. The molecule has 0 aliphatic carbocycles. The first-order valence-corrected chi connectivity index (χ1v) is 6.18. The Morgan fingerprint density at radius 2 is 1.89 bits per heavy atom. The van der Waals surface area contributed by atoms with Crippen LogP contribution < -0.4 is 15.8 Å². The van der Waals surface area contributed by atoms with Gasteiger partial charge in [0.2, 0.25) is 0 Å². The van der Waals surface area contributed by atoms with Gasteiger partial charge in [-0.25, -0.2) is 0 Å². The number of amides is 1. The van der Waals surface area contributed by atoms with E-state index in [0.717, 1.165) is 16.9 Å². The third-order valence-electron chi connectivity index (χ3n) is 2.71. The Balaban J connectivity index is 2.75. The van der Waals surface area contributed by atoms with E-state index in [-0.39, 0.29) is 5.91 Å². The number of nitrogens with one attached hydrogen (secondary N) is 1. The summed E-state index contributed by atoms with van der Waals surface area (Å²) in [6, 6.07) is 4.10. The van der Waals surface area contributed by atoms with Crippen molar-refractivity contribution in [1.29, 1.82) is 0 Å². The van der Waals surface area contributed by atoms with Gasteiger partial charge in [0.15, 0.2) is 6.10 Å². The van der Waals surface area contributed by atoms with Crippen molar-refractivity contribution in [2.75, 3.05) is 13.1 Å². The second-order valence-electron chi connectivity index (χ2n) is 4.57. The topological polar surface area (TPSA) is 64.3 Å². The van der Waals surface area contributed by atoms with Crippen LogP contribution in [0.5, 0.6) is 5.75 Å². The summed E-state index contributed by atoms with van der Waals surface area (Å²) in [7, 11) is 0. The first kappa shape index (κ1) is 14.5. The fourth-order valence-electron chi connectivity index (χ4n) is 1.92. The molecule has 1 aromatic carbocycles. The van der Waals surface area contributed by atoms with Crippen LogP contribution in [0, 0.1) is 20.8 Å². The van der Waals surface area contributed by atoms with E-state index in [0.29, 0.717) is 13.1 Å². The second kappa shape index (κ2) is 6.40. The predicted molar refractivity (Wildman–Crippen MR) is 72.8 cm³/mol. The van der Waals surface area contributed by atoms with Crippen molar-refractivity contribution in [1.82, 2.24) is 5.32 Å². The van der Waals surface area contributed by atoms with E-state index in [1.54, 1.807) is 6.92 Å². The Morgan fingerprint density at radius 1 is 1.33 bits per heavy atom. The molecule has 18 heavy (non-hydrogen) atoms. The SMILES string of the molecule is Cc1cc(C)c(OC(C)C(=O)NCCN)c(C)c1. The van der Waals surface area contributed by atoms with E-state index in [9.17, 15) is 4.79 Å². The van der Waals surface area contributed by atoms with Crippen LogP contribution in [0.2, 0.25) is 0 Å². The molecule has 0 spiro atoms. The van der Waals surface area contributed by atoms with E-state index in [4.69, 9.17) is 10.5 Å². The van der Waals surface area contributed by atoms with Crippen LogP contribution >= 0.6 is 0 Å². The molecule has 0 aromatic heterocycles. The molecule has 3 N–H and O–H groups in total. The molecule has 0 saturated carbocycles. The fourth-order valence-corrected chi connectivity index (χ4v) is 1.92. The molecule has 0 radical (unpaired) electrons. The van der Waals surface area contributed by atoms with Gasteiger partial charge in [-0.1, -0.05) is 17.7 Å². The zero-order valence-electron chi connectivity index (χ0n) is 11.5. The summed E-state index contributed by atoms with van der Waals surface area (Å²) in [4.78, 5) is 11.7. The molecule has 0 heterocycles. The molecule has 0 bridgehead atoms. The predicted octanol–water partition coefficient (Wildman–Crippen LogP) is 1.45. The largest absolute Gasteiger partial charge is 0.480 e. The maximum absolute atomic E-state index is 11.7. The van der Waals surface area contributed by atoms with Crippen LogP contribution in [0.3, 0.4) is 0 Å². The maximum atomic E-state index is 11.7. The lowest BCUT2D eigenvalue weighted by Crippen LogP contribution is -2.39. The van der Waals surface area contributed by atoms with Crippen molar-refractivity contribution in [2.24, 2.45) is 5.73 Å². The summed E-state index contributed by atoms with van der Waals surface area (Å²) < 4.78 is 5.74. The standard InChI is InChI=1S/C14H22N2O2/c1-9-7-10(2)13(11(3)8-9)18-12(4)14(17)16-6-5-15/h7-8,12H,5-6,15H2,1-4H3,(H,16,17). The number of hydrogen-bond donors (Lipinski definition) is 2. The van der Waals surface area contributed by atoms with Crippen LogP contribution in [0.4, 0.5) is 0 Å². The van der Waals surface area contributed by atoms with E-state index in [2.05, 4.69) is 5.32 Å². The van der Waals surface area contributed by atoms with Gasteiger partial charge in [0, 0.05) is 13.1 Å². The summed E-state index contributed by atoms with van der Waals surface area (Å²) in [6.07, 6.45) is -0.517. The van der Waals surface area contributed by atoms with Gasteiger partial charge in [0.1, 0.15) is 5.75 Å². The highest BCUT2D eigenvalue weighted by atomic mass is 16.5. The zero-order chi connectivity index (χ0) is 13.7. The van der Waals surface area contributed by atoms with E-state index in [1.165, 1.54) is 5.56 Å². The minimum Gasteiger partial charge on any atom is -0.480 e. The number of rotatable bonds is 5. The molecule has 100 valence electrons. The third-order valence-corrected chi connectivity index (χ3v) is 2.71. The molecule has 1 aromatic rings. The van der Waals surface area contributed by atoms with E-state index in [1.807, 2.05) is 32.9 Å². The number of carbonyl (C=O) groups excluding carboxylic acids is 1. The highest BCUT2D eigenvalue weighted by Crippen LogP contribution is 2.25. The van der Waals surface area contributed by atoms with Crippen molar-refractivity contribution in [3.63, 3.8) is 0 Å². The Bertz CT molecular complexity index is 407. The third kappa shape index (κ3) is 3.74. The summed E-state index contributed by atoms with van der Waals surface area (Å²) in [6.45, 7) is 8.66. The summed E-state index contributed by atoms with van der Waals surface area (Å²) in [5.74, 6) is 0.649. The van der Waals surface area contributed by atoms with E-state index >= 15 is 0 Å². The lowest BCUT2D eigenvalue weighted by atomic mass is 10.1. The van der Waals surface area contributed by atoms with Crippen LogP contribution in [-0.2, 0) is 4.79 Å². The molecular weight excluding hydrogens is 228 g/mol. The van der Waals surface area contributed by atoms with Gasteiger partial charge in [-0.3, -0.25) is 4.79 Å².